The number of carbonyl (C=O) groups excluding carboxylic acids is 2. The predicted octanol–water partition coefficient (Wildman–Crippen LogP) is 1.09. The lowest BCUT2D eigenvalue weighted by molar-refractivity contribution is -0.145. The lowest BCUT2D eigenvalue weighted by Crippen LogP contribution is -2.46. The number of rotatable bonds is 1. The molecule has 110 valence electrons. The van der Waals surface area contributed by atoms with Gasteiger partial charge in [-0.3, -0.25) is 9.59 Å². The number of H-pyrrole nitrogens is 1. The molecule has 1 fully saturated rings. The summed E-state index contributed by atoms with van der Waals surface area (Å²) in [5, 5.41) is 13.1. The van der Waals surface area contributed by atoms with Gasteiger partial charge in [-0.1, -0.05) is 0 Å². The first-order valence-corrected chi connectivity index (χ1v) is 6.99. The second-order valence-corrected chi connectivity index (χ2v) is 5.28. The van der Waals surface area contributed by atoms with Crippen LogP contribution in [-0.2, 0) is 9.59 Å². The van der Waals surface area contributed by atoms with Gasteiger partial charge in [0.05, 0.1) is 6.10 Å². The minimum absolute atomic E-state index is 0.225. The molecule has 0 radical (unpaired) electrons. The van der Waals surface area contributed by atoms with E-state index in [0.717, 1.165) is 17.3 Å². The highest BCUT2D eigenvalue weighted by atomic mass is 16.3. The Morgan fingerprint density at radius 1 is 1.33 bits per heavy atom. The van der Waals surface area contributed by atoms with Gasteiger partial charge in [0, 0.05) is 35.9 Å². The molecular weight excluding hydrogens is 270 g/mol. The number of aliphatic hydroxyl groups is 1. The first-order valence-electron chi connectivity index (χ1n) is 6.99. The summed E-state index contributed by atoms with van der Waals surface area (Å²) >= 11 is 0. The van der Waals surface area contributed by atoms with E-state index in [1.54, 1.807) is 6.07 Å². The molecule has 1 aromatic heterocycles. The molecule has 2 aromatic rings. The number of nitrogens with zero attached hydrogens (tertiary/aromatic N) is 1. The van der Waals surface area contributed by atoms with Crippen molar-refractivity contribution in [2.75, 3.05) is 18.4 Å². The van der Waals surface area contributed by atoms with Gasteiger partial charge in [0.2, 0.25) is 0 Å². The molecule has 3 rings (SSSR count). The summed E-state index contributed by atoms with van der Waals surface area (Å²) in [5.74, 6) is -1.26. The molecule has 2 amide bonds. The molecule has 1 saturated heterocycles. The van der Waals surface area contributed by atoms with Crippen LogP contribution >= 0.6 is 0 Å². The fourth-order valence-corrected chi connectivity index (χ4v) is 2.60. The van der Waals surface area contributed by atoms with Crippen LogP contribution in [0.1, 0.15) is 12.8 Å². The summed E-state index contributed by atoms with van der Waals surface area (Å²) in [6.07, 6.45) is 2.67. The third-order valence-electron chi connectivity index (χ3n) is 3.69. The summed E-state index contributed by atoms with van der Waals surface area (Å²) in [4.78, 5) is 28.5. The van der Waals surface area contributed by atoms with Crippen LogP contribution < -0.4 is 5.32 Å². The highest BCUT2D eigenvalue weighted by Crippen LogP contribution is 2.18. The number of hydrogen-bond acceptors (Lipinski definition) is 3. The molecule has 0 bridgehead atoms. The van der Waals surface area contributed by atoms with Crippen molar-refractivity contribution in [3.63, 3.8) is 0 Å². The Bertz CT molecular complexity index is 680. The highest BCUT2D eigenvalue weighted by molar-refractivity contribution is 6.39. The Kier molecular flexibility index (Phi) is 3.62. The Labute approximate surface area is 121 Å². The third-order valence-corrected chi connectivity index (χ3v) is 3.69. The average molecular weight is 287 g/mol. The summed E-state index contributed by atoms with van der Waals surface area (Å²) in [6, 6.07) is 7.30. The average Bonchev–Trinajstić information content (AvgIpc) is 2.94. The molecule has 0 spiro atoms. The van der Waals surface area contributed by atoms with Gasteiger partial charge in [0.1, 0.15) is 0 Å². The van der Waals surface area contributed by atoms with Gasteiger partial charge in [0.15, 0.2) is 0 Å². The van der Waals surface area contributed by atoms with Gasteiger partial charge in [-0.25, -0.2) is 0 Å². The van der Waals surface area contributed by atoms with E-state index in [-0.39, 0.29) is 6.54 Å². The number of amides is 2. The monoisotopic (exact) mass is 287 g/mol. The maximum atomic E-state index is 12.1. The number of hydrogen-bond donors (Lipinski definition) is 3. The molecule has 1 aromatic carbocycles. The largest absolute Gasteiger partial charge is 0.391 e. The van der Waals surface area contributed by atoms with E-state index in [1.807, 2.05) is 24.4 Å². The van der Waals surface area contributed by atoms with E-state index < -0.39 is 17.9 Å². The lowest BCUT2D eigenvalue weighted by Gasteiger charge is -2.29. The molecule has 6 nitrogen and oxygen atoms in total. The van der Waals surface area contributed by atoms with Gasteiger partial charge in [-0.2, -0.15) is 0 Å². The Morgan fingerprint density at radius 2 is 2.19 bits per heavy atom. The number of aromatic nitrogens is 1. The molecule has 3 N–H and O–H groups in total. The van der Waals surface area contributed by atoms with Crippen LogP contribution in [0.15, 0.2) is 30.5 Å². The number of aromatic amines is 1. The molecule has 1 atom stereocenters. The van der Waals surface area contributed by atoms with E-state index in [1.165, 1.54) is 4.90 Å². The van der Waals surface area contributed by atoms with E-state index in [9.17, 15) is 14.7 Å². The zero-order valence-corrected chi connectivity index (χ0v) is 11.5. The Hall–Kier alpha value is -2.34. The third kappa shape index (κ3) is 2.90. The maximum Gasteiger partial charge on any atom is 0.313 e. The van der Waals surface area contributed by atoms with E-state index >= 15 is 0 Å². The van der Waals surface area contributed by atoms with Gasteiger partial charge < -0.3 is 20.3 Å². The zero-order chi connectivity index (χ0) is 14.8. The van der Waals surface area contributed by atoms with Gasteiger partial charge in [-0.15, -0.1) is 0 Å². The molecule has 1 aliphatic rings. The van der Waals surface area contributed by atoms with Gasteiger partial charge in [-0.05, 0) is 37.1 Å². The van der Waals surface area contributed by atoms with Crippen LogP contribution in [0.4, 0.5) is 5.69 Å². The first-order chi connectivity index (χ1) is 10.1. The molecule has 1 aliphatic heterocycles. The minimum atomic E-state index is -0.668. The smallest absolute Gasteiger partial charge is 0.313 e. The fraction of sp³-hybridized carbons (Fsp3) is 0.333. The lowest BCUT2D eigenvalue weighted by atomic mass is 10.1. The van der Waals surface area contributed by atoms with Crippen LogP contribution in [0, 0.1) is 0 Å². The fourth-order valence-electron chi connectivity index (χ4n) is 2.60. The van der Waals surface area contributed by atoms with Crippen molar-refractivity contribution in [2.24, 2.45) is 0 Å². The SMILES string of the molecule is O=C(Nc1ccc2[nH]ccc2c1)C(=O)N1CCCC(O)C1. The van der Waals surface area contributed by atoms with Gasteiger partial charge in [0.25, 0.3) is 0 Å². The molecule has 21 heavy (non-hydrogen) atoms. The van der Waals surface area contributed by atoms with Crippen LogP contribution in [-0.4, -0.2) is 46.0 Å². The Balaban J connectivity index is 1.68. The standard InChI is InChI=1S/C15H17N3O3/c19-12-2-1-7-18(9-12)15(21)14(20)17-11-3-4-13-10(8-11)5-6-16-13/h3-6,8,12,16,19H,1-2,7,9H2,(H,17,20). The Morgan fingerprint density at radius 3 is 3.00 bits per heavy atom. The predicted molar refractivity (Wildman–Crippen MR) is 78.7 cm³/mol. The molecule has 1 unspecified atom stereocenters. The molecule has 0 saturated carbocycles. The number of fused-ring (bicyclic) bond motifs is 1. The van der Waals surface area contributed by atoms with Crippen LogP contribution in [0.5, 0.6) is 0 Å². The number of nitrogens with one attached hydrogen (secondary N) is 2. The van der Waals surface area contributed by atoms with Crippen molar-refractivity contribution in [2.45, 2.75) is 18.9 Å². The number of likely N-dealkylation sites (tertiary alicyclic amines) is 1. The van der Waals surface area contributed by atoms with Gasteiger partial charge >= 0.3 is 11.8 Å². The first kappa shape index (κ1) is 13.6. The quantitative estimate of drug-likeness (QED) is 0.686. The highest BCUT2D eigenvalue weighted by Gasteiger charge is 2.26. The second-order valence-electron chi connectivity index (χ2n) is 5.28. The van der Waals surface area contributed by atoms with E-state index in [4.69, 9.17) is 0 Å². The number of β-amino-alcohol motifs (C(OH)–C–C–N with tert-alkyl or cyclic N) is 1. The van der Waals surface area contributed by atoms with Crippen LogP contribution in [0.3, 0.4) is 0 Å². The van der Waals surface area contributed by atoms with Crippen molar-refractivity contribution in [1.82, 2.24) is 9.88 Å². The van der Waals surface area contributed by atoms with Crippen molar-refractivity contribution >= 4 is 28.4 Å². The van der Waals surface area contributed by atoms with Crippen LogP contribution in [0.2, 0.25) is 0 Å². The summed E-state index contributed by atoms with van der Waals surface area (Å²) in [7, 11) is 0. The number of benzene rings is 1. The maximum absolute atomic E-state index is 12.1. The minimum Gasteiger partial charge on any atom is -0.391 e. The van der Waals surface area contributed by atoms with Crippen molar-refractivity contribution in [1.29, 1.82) is 0 Å². The van der Waals surface area contributed by atoms with Crippen molar-refractivity contribution in [3.05, 3.63) is 30.5 Å². The zero-order valence-electron chi connectivity index (χ0n) is 11.5. The van der Waals surface area contributed by atoms with E-state index in [0.29, 0.717) is 18.7 Å². The molecule has 2 heterocycles. The van der Waals surface area contributed by atoms with Crippen LogP contribution in [0.25, 0.3) is 10.9 Å². The number of aliphatic hydroxyl groups excluding tert-OH is 1. The second kappa shape index (κ2) is 5.57. The van der Waals surface area contributed by atoms with Crippen molar-refractivity contribution < 1.29 is 14.7 Å². The summed E-state index contributed by atoms with van der Waals surface area (Å²) < 4.78 is 0. The normalized spacial score (nSPS) is 18.7. The number of anilines is 1. The number of piperidine rings is 1. The molecule has 0 aliphatic carbocycles. The summed E-state index contributed by atoms with van der Waals surface area (Å²) in [5.41, 5.74) is 1.55. The number of carbonyl (C=O) groups is 2. The summed E-state index contributed by atoms with van der Waals surface area (Å²) in [6.45, 7) is 0.739. The molecular formula is C15H17N3O3. The topological polar surface area (TPSA) is 85.4 Å². The molecule has 6 heteroatoms. The van der Waals surface area contributed by atoms with Crippen molar-refractivity contribution in [3.8, 4) is 0 Å². The van der Waals surface area contributed by atoms with E-state index in [2.05, 4.69) is 10.3 Å².